The lowest BCUT2D eigenvalue weighted by Crippen LogP contribution is -2.43. The van der Waals surface area contributed by atoms with Crippen LogP contribution in [-0.4, -0.2) is 72.8 Å². The smallest absolute Gasteiger partial charge is 0.255 e. The van der Waals surface area contributed by atoms with Crippen molar-refractivity contribution < 1.29 is 35.2 Å². The van der Waals surface area contributed by atoms with Gasteiger partial charge in [0.2, 0.25) is 10.0 Å². The third kappa shape index (κ3) is 5.47. The first-order valence-corrected chi connectivity index (χ1v) is 16.6. The van der Waals surface area contributed by atoms with Gasteiger partial charge < -0.3 is 19.8 Å². The summed E-state index contributed by atoms with van der Waals surface area (Å²) in [6, 6.07) is 8.68. The van der Waals surface area contributed by atoms with Crippen LogP contribution in [-0.2, 0) is 24.6 Å². The normalized spacial score (nSPS) is 20.8. The van der Waals surface area contributed by atoms with Gasteiger partial charge in [-0.1, -0.05) is 0 Å². The largest absolute Gasteiger partial charge is 0.455 e. The van der Waals surface area contributed by atoms with Gasteiger partial charge in [0.15, 0.2) is 9.84 Å². The molecule has 0 unspecified atom stereocenters. The number of amides is 1. The predicted molar refractivity (Wildman–Crippen MR) is 150 cm³/mol. The molecule has 1 fully saturated rings. The number of piperidine rings is 1. The number of fused-ring (bicyclic) bond motifs is 2. The number of rotatable bonds is 6. The number of ether oxygens (including phenoxy) is 1. The third-order valence-corrected chi connectivity index (χ3v) is 11.0. The maximum atomic E-state index is 13.6. The summed E-state index contributed by atoms with van der Waals surface area (Å²) >= 11 is 0. The number of furan rings is 1. The van der Waals surface area contributed by atoms with Crippen molar-refractivity contribution in [1.29, 1.82) is 0 Å². The number of anilines is 1. The Balaban J connectivity index is 1.61. The molecule has 1 aromatic heterocycles. The zero-order valence-electron chi connectivity index (χ0n) is 22.4. The molecule has 0 saturated carbocycles. The highest BCUT2D eigenvalue weighted by atomic mass is 32.2. The molecule has 10 nitrogen and oxygen atoms in total. The number of hydrogen-bond acceptors (Lipinski definition) is 8. The number of carbonyl (C=O) groups excluding carboxylic acids is 1. The van der Waals surface area contributed by atoms with Crippen LogP contribution >= 0.6 is 0 Å². The summed E-state index contributed by atoms with van der Waals surface area (Å²) in [5, 5.41) is 5.67. The van der Waals surface area contributed by atoms with Gasteiger partial charge in [0.05, 0.1) is 47.3 Å². The van der Waals surface area contributed by atoms with Crippen molar-refractivity contribution in [2.24, 2.45) is 0 Å². The Morgan fingerprint density at radius 1 is 1.12 bits per heavy atom. The fourth-order valence-electron chi connectivity index (χ4n) is 5.49. The average molecular weight is 594 g/mol. The number of halogens is 1. The Kier molecular flexibility index (Phi) is 7.68. The van der Waals surface area contributed by atoms with E-state index in [1.54, 1.807) is 13.0 Å². The molecular formula is C27H32FN3O7S2. The van der Waals surface area contributed by atoms with Gasteiger partial charge >= 0.3 is 0 Å². The molecule has 3 heterocycles. The van der Waals surface area contributed by atoms with Gasteiger partial charge in [-0.3, -0.25) is 9.10 Å². The highest BCUT2D eigenvalue weighted by Crippen LogP contribution is 2.42. The molecule has 2 aliphatic heterocycles. The number of nitrogens with zero attached hydrogens (tertiary/aromatic N) is 1. The Morgan fingerprint density at radius 2 is 1.80 bits per heavy atom. The summed E-state index contributed by atoms with van der Waals surface area (Å²) in [6.07, 6.45) is 0.445. The van der Waals surface area contributed by atoms with Crippen molar-refractivity contribution in [3.63, 3.8) is 0 Å². The predicted octanol–water partition coefficient (Wildman–Crippen LogP) is 2.99. The highest BCUT2D eigenvalue weighted by Gasteiger charge is 2.37. The minimum atomic E-state index is -3.86. The lowest BCUT2D eigenvalue weighted by Gasteiger charge is -2.27. The molecular weight excluding hydrogens is 561 g/mol. The van der Waals surface area contributed by atoms with E-state index in [2.05, 4.69) is 10.6 Å². The van der Waals surface area contributed by atoms with Crippen LogP contribution in [0.15, 0.2) is 40.8 Å². The fraction of sp³-hybridized carbons (Fsp3) is 0.444. The molecule has 2 aromatic carbocycles. The van der Waals surface area contributed by atoms with Crippen molar-refractivity contribution >= 4 is 42.4 Å². The monoisotopic (exact) mass is 593 g/mol. The molecule has 2 aliphatic rings. The zero-order chi connectivity index (χ0) is 28.8. The minimum absolute atomic E-state index is 0.195. The topological polar surface area (TPSA) is 135 Å². The van der Waals surface area contributed by atoms with E-state index in [1.807, 2.05) is 0 Å². The standard InChI is InChI=1S/C27H32FN3O7S2/c1-16-21-12-22-24(38-26(25(22)27(32)29-2)17-4-6-18(28)7-5-17)13-23(21)31(39(3,33)34)14-19(37-16)15-40(35,36)20-8-10-30-11-9-20/h4-7,12-13,16,19-20,30H,8-11,14-15H2,1-3H3,(H,29,32)/t16-,19-/m0/s1. The summed E-state index contributed by atoms with van der Waals surface area (Å²) in [7, 11) is -5.94. The summed E-state index contributed by atoms with van der Waals surface area (Å²) in [5.41, 5.74) is 1.68. The van der Waals surface area contributed by atoms with E-state index in [4.69, 9.17) is 9.15 Å². The summed E-state index contributed by atoms with van der Waals surface area (Å²) in [6.45, 7) is 2.75. The number of sulfonamides is 1. The minimum Gasteiger partial charge on any atom is -0.455 e. The molecule has 5 rings (SSSR count). The van der Waals surface area contributed by atoms with Crippen LogP contribution in [0.1, 0.15) is 41.8 Å². The molecule has 1 saturated heterocycles. The highest BCUT2D eigenvalue weighted by molar-refractivity contribution is 7.92. The van der Waals surface area contributed by atoms with Gasteiger partial charge in [-0.25, -0.2) is 21.2 Å². The Hall–Kier alpha value is -3.00. The number of hydrogen-bond donors (Lipinski definition) is 2. The van der Waals surface area contributed by atoms with Crippen molar-refractivity contribution in [2.75, 3.05) is 43.0 Å². The second kappa shape index (κ2) is 10.8. The molecule has 40 heavy (non-hydrogen) atoms. The van der Waals surface area contributed by atoms with E-state index in [0.29, 0.717) is 42.4 Å². The number of benzene rings is 2. The molecule has 0 bridgehead atoms. The first-order chi connectivity index (χ1) is 18.9. The number of carbonyl (C=O) groups is 1. The molecule has 0 aliphatic carbocycles. The number of nitrogens with one attached hydrogen (secondary N) is 2. The quantitative estimate of drug-likeness (QED) is 0.446. The van der Waals surface area contributed by atoms with Gasteiger partial charge in [-0.2, -0.15) is 0 Å². The van der Waals surface area contributed by atoms with Crippen LogP contribution in [0.5, 0.6) is 0 Å². The van der Waals surface area contributed by atoms with Crippen LogP contribution in [0.3, 0.4) is 0 Å². The van der Waals surface area contributed by atoms with E-state index < -0.39 is 49.0 Å². The average Bonchev–Trinajstić information content (AvgIpc) is 3.22. The van der Waals surface area contributed by atoms with Crippen LogP contribution < -0.4 is 14.9 Å². The lowest BCUT2D eigenvalue weighted by molar-refractivity contribution is 0.0191. The van der Waals surface area contributed by atoms with E-state index in [9.17, 15) is 26.0 Å². The maximum absolute atomic E-state index is 13.6. The van der Waals surface area contributed by atoms with Crippen molar-refractivity contribution in [3.05, 3.63) is 53.3 Å². The van der Waals surface area contributed by atoms with Crippen molar-refractivity contribution in [3.8, 4) is 11.3 Å². The van der Waals surface area contributed by atoms with Crippen molar-refractivity contribution in [1.82, 2.24) is 10.6 Å². The molecule has 2 atom stereocenters. The van der Waals surface area contributed by atoms with Gasteiger partial charge in [0, 0.05) is 29.6 Å². The molecule has 1 amide bonds. The first-order valence-electron chi connectivity index (χ1n) is 13.0. The molecule has 0 radical (unpaired) electrons. The van der Waals surface area contributed by atoms with Crippen LogP contribution in [0, 0.1) is 5.82 Å². The van der Waals surface area contributed by atoms with E-state index in [1.165, 1.54) is 37.4 Å². The van der Waals surface area contributed by atoms with Crippen LogP contribution in [0.2, 0.25) is 0 Å². The Bertz CT molecular complexity index is 1650. The third-order valence-electron chi connectivity index (χ3n) is 7.48. The van der Waals surface area contributed by atoms with E-state index in [-0.39, 0.29) is 34.9 Å². The van der Waals surface area contributed by atoms with E-state index in [0.717, 1.165) is 10.6 Å². The van der Waals surface area contributed by atoms with Gasteiger partial charge in [-0.15, -0.1) is 0 Å². The second-order valence-corrected chi connectivity index (χ2v) is 14.5. The first kappa shape index (κ1) is 28.5. The fourth-order valence-corrected chi connectivity index (χ4v) is 8.37. The van der Waals surface area contributed by atoms with Crippen LogP contribution in [0.25, 0.3) is 22.3 Å². The Labute approximate surface area is 232 Å². The molecule has 216 valence electrons. The second-order valence-electron chi connectivity index (χ2n) is 10.3. The van der Waals surface area contributed by atoms with E-state index >= 15 is 0 Å². The maximum Gasteiger partial charge on any atom is 0.255 e. The lowest BCUT2D eigenvalue weighted by atomic mass is 10.0. The summed E-state index contributed by atoms with van der Waals surface area (Å²) in [4.78, 5) is 13.0. The molecule has 2 N–H and O–H groups in total. The Morgan fingerprint density at radius 3 is 2.42 bits per heavy atom. The summed E-state index contributed by atoms with van der Waals surface area (Å²) < 4.78 is 79.5. The van der Waals surface area contributed by atoms with Gasteiger partial charge in [-0.05, 0) is 63.2 Å². The van der Waals surface area contributed by atoms with Gasteiger partial charge in [0.1, 0.15) is 17.2 Å². The molecule has 3 aromatic rings. The zero-order valence-corrected chi connectivity index (χ0v) is 24.1. The van der Waals surface area contributed by atoms with Gasteiger partial charge in [0.25, 0.3) is 5.91 Å². The molecule has 0 spiro atoms. The number of sulfone groups is 1. The molecule has 13 heteroatoms. The van der Waals surface area contributed by atoms with Crippen molar-refractivity contribution in [2.45, 2.75) is 37.2 Å². The SMILES string of the molecule is CNC(=O)c1c(-c2ccc(F)cc2)oc2cc3c(cc12)[C@H](C)O[C@H](CS(=O)(=O)C1CCNCC1)CN3S(C)(=O)=O. The van der Waals surface area contributed by atoms with Crippen LogP contribution in [0.4, 0.5) is 10.1 Å². The summed E-state index contributed by atoms with van der Waals surface area (Å²) in [5.74, 6) is -0.985.